The molecule has 2 rings (SSSR count). The first kappa shape index (κ1) is 15.1. The minimum atomic E-state index is -0.981. The molecule has 4 heteroatoms. The highest BCUT2D eigenvalue weighted by Crippen LogP contribution is 2.47. The second-order valence-corrected chi connectivity index (χ2v) is 7.27. The lowest BCUT2D eigenvalue weighted by Gasteiger charge is -2.35. The van der Waals surface area contributed by atoms with E-state index in [0.717, 1.165) is 5.56 Å². The van der Waals surface area contributed by atoms with Crippen molar-refractivity contribution in [2.24, 2.45) is 0 Å². The van der Waals surface area contributed by atoms with Gasteiger partial charge in [-0.2, -0.15) is 0 Å². The third-order valence-corrected chi connectivity index (χ3v) is 4.61. The summed E-state index contributed by atoms with van der Waals surface area (Å²) in [4.78, 5) is 0. The molecule has 1 aliphatic heterocycles. The lowest BCUT2D eigenvalue weighted by molar-refractivity contribution is -0.125. The van der Waals surface area contributed by atoms with E-state index in [9.17, 15) is 5.11 Å². The van der Waals surface area contributed by atoms with Crippen LogP contribution >= 0.6 is 23.2 Å². The Kier molecular flexibility index (Phi) is 3.68. The highest BCUT2D eigenvalue weighted by Gasteiger charge is 2.56. The van der Waals surface area contributed by atoms with Gasteiger partial charge >= 0.3 is 0 Å². The molecular formula is C15H20Cl2O2. The van der Waals surface area contributed by atoms with E-state index in [1.807, 2.05) is 27.7 Å². The summed E-state index contributed by atoms with van der Waals surface area (Å²) in [5.41, 5.74) is -1.20. The summed E-state index contributed by atoms with van der Waals surface area (Å²) in [5, 5.41) is 12.2. The second kappa shape index (κ2) is 4.63. The van der Waals surface area contributed by atoms with Gasteiger partial charge in [-0.1, -0.05) is 29.3 Å². The predicted molar refractivity (Wildman–Crippen MR) is 79.0 cm³/mol. The SMILES string of the molecule is CC1(C)CC(O)(Cc2c(Cl)cccc2Cl)C(C)(C)O1. The molecule has 19 heavy (non-hydrogen) atoms. The molecule has 0 spiro atoms. The van der Waals surface area contributed by atoms with Crippen molar-refractivity contribution in [2.75, 3.05) is 0 Å². The van der Waals surface area contributed by atoms with E-state index < -0.39 is 11.2 Å². The third kappa shape index (κ3) is 2.78. The van der Waals surface area contributed by atoms with Gasteiger partial charge < -0.3 is 9.84 Å². The zero-order chi connectivity index (χ0) is 14.5. The largest absolute Gasteiger partial charge is 0.386 e. The molecule has 0 amide bonds. The molecule has 1 fully saturated rings. The van der Waals surface area contributed by atoms with Gasteiger partial charge in [-0.05, 0) is 45.4 Å². The standard InChI is InChI=1S/C15H20Cl2O2/c1-13(2)9-15(18,14(3,4)19-13)8-10-11(16)6-5-7-12(10)17/h5-7,18H,8-9H2,1-4H3. The van der Waals surface area contributed by atoms with E-state index in [4.69, 9.17) is 27.9 Å². The van der Waals surface area contributed by atoms with Crippen LogP contribution in [-0.4, -0.2) is 21.9 Å². The van der Waals surface area contributed by atoms with Crippen LogP contribution in [0.25, 0.3) is 0 Å². The molecule has 1 saturated heterocycles. The minimum absolute atomic E-state index is 0.355. The highest BCUT2D eigenvalue weighted by molar-refractivity contribution is 6.36. The maximum atomic E-state index is 11.0. The Labute approximate surface area is 124 Å². The van der Waals surface area contributed by atoms with Crippen LogP contribution in [0.3, 0.4) is 0 Å². The monoisotopic (exact) mass is 302 g/mol. The molecular weight excluding hydrogens is 283 g/mol. The molecule has 0 bridgehead atoms. The van der Waals surface area contributed by atoms with Crippen LogP contribution in [0, 0.1) is 0 Å². The number of rotatable bonds is 2. The first-order chi connectivity index (χ1) is 8.56. The Balaban J connectivity index is 2.37. The zero-order valence-corrected chi connectivity index (χ0v) is 13.3. The average molecular weight is 303 g/mol. The van der Waals surface area contributed by atoms with E-state index in [2.05, 4.69) is 0 Å². The molecule has 1 aromatic carbocycles. The van der Waals surface area contributed by atoms with Crippen molar-refractivity contribution in [1.29, 1.82) is 0 Å². The van der Waals surface area contributed by atoms with Gasteiger partial charge in [0.25, 0.3) is 0 Å². The van der Waals surface area contributed by atoms with E-state index in [0.29, 0.717) is 22.9 Å². The van der Waals surface area contributed by atoms with Gasteiger partial charge in [0.2, 0.25) is 0 Å². The molecule has 1 unspecified atom stereocenters. The van der Waals surface area contributed by atoms with Crippen molar-refractivity contribution >= 4 is 23.2 Å². The lowest BCUT2D eigenvalue weighted by Crippen LogP contribution is -2.48. The zero-order valence-electron chi connectivity index (χ0n) is 11.8. The number of halogens is 2. The predicted octanol–water partition coefficient (Wildman–Crippen LogP) is 4.24. The number of hydrogen-bond acceptors (Lipinski definition) is 2. The van der Waals surface area contributed by atoms with Gasteiger partial charge in [-0.15, -0.1) is 0 Å². The quantitative estimate of drug-likeness (QED) is 0.885. The van der Waals surface area contributed by atoms with Crippen molar-refractivity contribution in [3.8, 4) is 0 Å². The maximum absolute atomic E-state index is 11.0. The van der Waals surface area contributed by atoms with Gasteiger partial charge in [0, 0.05) is 22.9 Å². The summed E-state index contributed by atoms with van der Waals surface area (Å²) >= 11 is 12.4. The van der Waals surface area contributed by atoms with Crippen LogP contribution in [0.1, 0.15) is 39.7 Å². The fourth-order valence-electron chi connectivity index (χ4n) is 3.01. The molecule has 1 aliphatic rings. The van der Waals surface area contributed by atoms with Crippen molar-refractivity contribution in [3.05, 3.63) is 33.8 Å². The van der Waals surface area contributed by atoms with Crippen molar-refractivity contribution in [1.82, 2.24) is 0 Å². The van der Waals surface area contributed by atoms with E-state index in [-0.39, 0.29) is 5.60 Å². The van der Waals surface area contributed by atoms with Crippen LogP contribution in [0.4, 0.5) is 0 Å². The van der Waals surface area contributed by atoms with Crippen LogP contribution in [0.2, 0.25) is 10.0 Å². The fourth-order valence-corrected chi connectivity index (χ4v) is 3.54. The average Bonchev–Trinajstić information content (AvgIpc) is 2.37. The number of ether oxygens (including phenoxy) is 1. The summed E-state index contributed by atoms with van der Waals surface area (Å²) in [6.45, 7) is 7.79. The number of aliphatic hydroxyl groups is 1. The van der Waals surface area contributed by atoms with E-state index in [1.54, 1.807) is 18.2 Å². The lowest BCUT2D eigenvalue weighted by atomic mass is 9.78. The van der Waals surface area contributed by atoms with Crippen molar-refractivity contribution < 1.29 is 9.84 Å². The molecule has 0 aromatic heterocycles. The second-order valence-electron chi connectivity index (χ2n) is 6.46. The van der Waals surface area contributed by atoms with Gasteiger partial charge in [-0.3, -0.25) is 0 Å². The van der Waals surface area contributed by atoms with Crippen LogP contribution in [-0.2, 0) is 11.2 Å². The Morgan fingerprint density at radius 3 is 2.11 bits per heavy atom. The Bertz CT molecular complexity index is 477. The summed E-state index contributed by atoms with van der Waals surface area (Å²) in [7, 11) is 0. The summed E-state index contributed by atoms with van der Waals surface area (Å²) in [6, 6.07) is 5.39. The molecule has 2 nitrogen and oxygen atoms in total. The van der Waals surface area contributed by atoms with Gasteiger partial charge in [0.1, 0.15) is 0 Å². The van der Waals surface area contributed by atoms with Crippen LogP contribution in [0.5, 0.6) is 0 Å². The first-order valence-electron chi connectivity index (χ1n) is 6.42. The van der Waals surface area contributed by atoms with Crippen LogP contribution < -0.4 is 0 Å². The molecule has 1 atom stereocenters. The van der Waals surface area contributed by atoms with E-state index >= 15 is 0 Å². The maximum Gasteiger partial charge on any atom is 0.0999 e. The molecule has 1 aromatic rings. The molecule has 0 radical (unpaired) electrons. The Hall–Kier alpha value is -0.280. The van der Waals surface area contributed by atoms with Crippen molar-refractivity contribution in [2.45, 2.75) is 57.3 Å². The molecule has 1 heterocycles. The molecule has 1 N–H and O–H groups in total. The highest BCUT2D eigenvalue weighted by atomic mass is 35.5. The third-order valence-electron chi connectivity index (χ3n) is 3.90. The Morgan fingerprint density at radius 2 is 1.68 bits per heavy atom. The van der Waals surface area contributed by atoms with Gasteiger partial charge in [0.15, 0.2) is 0 Å². The van der Waals surface area contributed by atoms with Gasteiger partial charge in [0.05, 0.1) is 16.8 Å². The summed E-state index contributed by atoms with van der Waals surface area (Å²) in [6.07, 6.45) is 0.941. The topological polar surface area (TPSA) is 29.5 Å². The molecule has 0 aliphatic carbocycles. The summed E-state index contributed by atoms with van der Waals surface area (Å²) in [5.74, 6) is 0. The fraction of sp³-hybridized carbons (Fsp3) is 0.600. The first-order valence-corrected chi connectivity index (χ1v) is 7.17. The number of benzene rings is 1. The summed E-state index contributed by atoms with van der Waals surface area (Å²) < 4.78 is 5.97. The minimum Gasteiger partial charge on any atom is -0.386 e. The molecule has 106 valence electrons. The van der Waals surface area contributed by atoms with E-state index in [1.165, 1.54) is 0 Å². The smallest absolute Gasteiger partial charge is 0.0999 e. The number of hydrogen-bond donors (Lipinski definition) is 1. The van der Waals surface area contributed by atoms with Gasteiger partial charge in [-0.25, -0.2) is 0 Å². The Morgan fingerprint density at radius 1 is 1.16 bits per heavy atom. The van der Waals surface area contributed by atoms with Crippen LogP contribution in [0.15, 0.2) is 18.2 Å². The normalized spacial score (nSPS) is 28.6. The van der Waals surface area contributed by atoms with Crippen molar-refractivity contribution in [3.63, 3.8) is 0 Å². The molecule has 0 saturated carbocycles.